The summed E-state index contributed by atoms with van der Waals surface area (Å²) in [5.41, 5.74) is 2.37. The average Bonchev–Trinajstić information content (AvgIpc) is 3.46. The van der Waals surface area contributed by atoms with Gasteiger partial charge in [-0.1, -0.05) is 28.9 Å². The van der Waals surface area contributed by atoms with Crippen LogP contribution in [0, 0.1) is 6.92 Å². The van der Waals surface area contributed by atoms with E-state index in [0.29, 0.717) is 41.0 Å². The van der Waals surface area contributed by atoms with Gasteiger partial charge < -0.3 is 29.5 Å². The number of halogens is 1. The van der Waals surface area contributed by atoms with Crippen LogP contribution in [0.2, 0.25) is 5.02 Å². The highest BCUT2D eigenvalue weighted by Crippen LogP contribution is 2.32. The molecule has 4 rings (SSSR count). The molecule has 33 heavy (non-hydrogen) atoms. The van der Waals surface area contributed by atoms with Gasteiger partial charge in [-0.05, 0) is 42.3 Å². The van der Waals surface area contributed by atoms with Crippen molar-refractivity contribution in [2.75, 3.05) is 25.7 Å². The number of urea groups is 1. The summed E-state index contributed by atoms with van der Waals surface area (Å²) in [7, 11) is 1.64. The zero-order valence-corrected chi connectivity index (χ0v) is 18.8. The topological polar surface area (TPSA) is 119 Å². The van der Waals surface area contributed by atoms with Crippen LogP contribution in [0.3, 0.4) is 0 Å². The monoisotopic (exact) mass is 471 g/mol. The Kier molecular flexibility index (Phi) is 6.64. The summed E-state index contributed by atoms with van der Waals surface area (Å²) in [6.07, 6.45) is 0.310. The van der Waals surface area contributed by atoms with Crippen LogP contribution >= 0.6 is 11.6 Å². The molecular formula is C22H22ClN5O5. The Balaban J connectivity index is 1.25. The number of hydrogen-bond acceptors (Lipinski definition) is 7. The molecule has 1 aromatic heterocycles. The molecule has 11 heteroatoms. The largest absolute Gasteiger partial charge is 0.454 e. The number of aromatic nitrogens is 2. The number of ether oxygens (including phenoxy) is 2. The van der Waals surface area contributed by atoms with Crippen molar-refractivity contribution in [1.82, 2.24) is 20.4 Å². The van der Waals surface area contributed by atoms with Gasteiger partial charge in [0.15, 0.2) is 17.3 Å². The number of likely N-dealkylation sites (N-methyl/N-ethyl adjacent to an activating group) is 1. The fraction of sp³-hybridized carbons (Fsp3) is 0.273. The van der Waals surface area contributed by atoms with E-state index in [2.05, 4.69) is 20.8 Å². The molecule has 0 aliphatic carbocycles. The van der Waals surface area contributed by atoms with Crippen molar-refractivity contribution in [2.24, 2.45) is 0 Å². The third kappa shape index (κ3) is 5.53. The molecule has 2 heterocycles. The minimum absolute atomic E-state index is 0.149. The van der Waals surface area contributed by atoms with Gasteiger partial charge in [-0.15, -0.1) is 0 Å². The smallest absolute Gasteiger partial charge is 0.321 e. The molecule has 0 spiro atoms. The van der Waals surface area contributed by atoms with Gasteiger partial charge in [0, 0.05) is 26.6 Å². The third-order valence-electron chi connectivity index (χ3n) is 4.94. The van der Waals surface area contributed by atoms with Crippen molar-refractivity contribution in [1.29, 1.82) is 0 Å². The number of carbonyl (C=O) groups is 2. The Morgan fingerprint density at radius 1 is 1.15 bits per heavy atom. The lowest BCUT2D eigenvalue weighted by atomic mass is 10.2. The third-order valence-corrected chi connectivity index (χ3v) is 5.25. The fourth-order valence-corrected chi connectivity index (χ4v) is 3.34. The van der Waals surface area contributed by atoms with Crippen LogP contribution in [0.1, 0.15) is 27.6 Å². The molecule has 1 aliphatic rings. The van der Waals surface area contributed by atoms with Gasteiger partial charge in [-0.3, -0.25) is 4.79 Å². The van der Waals surface area contributed by atoms with E-state index in [4.69, 9.17) is 25.6 Å². The van der Waals surface area contributed by atoms with Crippen molar-refractivity contribution in [3.8, 4) is 11.5 Å². The van der Waals surface area contributed by atoms with Crippen LogP contribution in [0.4, 0.5) is 10.5 Å². The van der Waals surface area contributed by atoms with E-state index in [1.54, 1.807) is 31.3 Å². The highest BCUT2D eigenvalue weighted by molar-refractivity contribution is 6.33. The molecule has 0 fully saturated rings. The summed E-state index contributed by atoms with van der Waals surface area (Å²) in [6.45, 7) is 2.68. The van der Waals surface area contributed by atoms with Gasteiger partial charge in [-0.25, -0.2) is 4.79 Å². The summed E-state index contributed by atoms with van der Waals surface area (Å²) < 4.78 is 15.6. The molecular weight excluding hydrogens is 450 g/mol. The highest BCUT2D eigenvalue weighted by atomic mass is 35.5. The standard InChI is InChI=1S/C22H22ClN5O5/c1-13-3-5-16(15(23)9-13)25-22(30)28(2)8-7-19-26-21(33-27-19)20(29)24-11-14-4-6-17-18(10-14)32-12-31-17/h3-6,9-10H,7-8,11-12H2,1-2H3,(H,24,29)(H,25,30). The van der Waals surface area contributed by atoms with E-state index in [1.165, 1.54) is 4.90 Å². The molecule has 0 saturated heterocycles. The number of carbonyl (C=O) groups excluding carboxylic acids is 2. The predicted molar refractivity (Wildman–Crippen MR) is 120 cm³/mol. The normalized spacial score (nSPS) is 11.8. The van der Waals surface area contributed by atoms with E-state index in [9.17, 15) is 9.59 Å². The molecule has 3 amide bonds. The Bertz CT molecular complexity index is 1180. The minimum atomic E-state index is -0.494. The Labute approximate surface area is 194 Å². The summed E-state index contributed by atoms with van der Waals surface area (Å²) in [5.74, 6) is 0.985. The van der Waals surface area contributed by atoms with Gasteiger partial charge in [0.25, 0.3) is 0 Å². The second-order valence-electron chi connectivity index (χ2n) is 7.47. The summed E-state index contributed by atoms with van der Waals surface area (Å²) in [5, 5.41) is 9.76. The SMILES string of the molecule is Cc1ccc(NC(=O)N(C)CCc2noc(C(=O)NCc3ccc4c(c3)OCO4)n2)c(Cl)c1. The number of hydrogen-bond donors (Lipinski definition) is 2. The molecule has 172 valence electrons. The van der Waals surface area contributed by atoms with E-state index >= 15 is 0 Å². The maximum absolute atomic E-state index is 12.4. The molecule has 3 aromatic rings. The molecule has 0 atom stereocenters. The molecule has 0 radical (unpaired) electrons. The lowest BCUT2D eigenvalue weighted by Crippen LogP contribution is -2.33. The Morgan fingerprint density at radius 2 is 1.97 bits per heavy atom. The maximum Gasteiger partial charge on any atom is 0.321 e. The molecule has 2 aromatic carbocycles. The van der Waals surface area contributed by atoms with Gasteiger partial charge >= 0.3 is 17.8 Å². The molecule has 0 bridgehead atoms. The van der Waals surface area contributed by atoms with Crippen molar-refractivity contribution in [2.45, 2.75) is 19.9 Å². The van der Waals surface area contributed by atoms with Crippen LogP contribution in [0.5, 0.6) is 11.5 Å². The number of nitrogens with zero attached hydrogens (tertiary/aromatic N) is 3. The first-order valence-corrected chi connectivity index (χ1v) is 10.5. The lowest BCUT2D eigenvalue weighted by Gasteiger charge is -2.17. The zero-order chi connectivity index (χ0) is 23.4. The lowest BCUT2D eigenvalue weighted by molar-refractivity contribution is 0.0907. The van der Waals surface area contributed by atoms with Crippen molar-refractivity contribution in [3.63, 3.8) is 0 Å². The quantitative estimate of drug-likeness (QED) is 0.542. The Hall–Kier alpha value is -3.79. The van der Waals surface area contributed by atoms with Crippen LogP contribution in [-0.4, -0.2) is 47.4 Å². The minimum Gasteiger partial charge on any atom is -0.454 e. The first-order valence-electron chi connectivity index (χ1n) is 10.2. The number of rotatable bonds is 7. The van der Waals surface area contributed by atoms with Crippen LogP contribution in [0.25, 0.3) is 0 Å². The highest BCUT2D eigenvalue weighted by Gasteiger charge is 2.18. The van der Waals surface area contributed by atoms with Crippen LogP contribution < -0.4 is 20.1 Å². The molecule has 0 saturated carbocycles. The van der Waals surface area contributed by atoms with Crippen molar-refractivity contribution >= 4 is 29.2 Å². The van der Waals surface area contributed by atoms with Gasteiger partial charge in [-0.2, -0.15) is 4.98 Å². The predicted octanol–water partition coefficient (Wildman–Crippen LogP) is 3.40. The molecule has 10 nitrogen and oxygen atoms in total. The Morgan fingerprint density at radius 3 is 2.79 bits per heavy atom. The molecule has 1 aliphatic heterocycles. The number of aryl methyl sites for hydroxylation is 1. The van der Waals surface area contributed by atoms with E-state index in [-0.39, 0.29) is 25.3 Å². The summed E-state index contributed by atoms with van der Waals surface area (Å²) in [6, 6.07) is 10.5. The first-order chi connectivity index (χ1) is 15.9. The maximum atomic E-state index is 12.4. The number of fused-ring (bicyclic) bond motifs is 1. The number of anilines is 1. The molecule has 2 N–H and O–H groups in total. The van der Waals surface area contributed by atoms with E-state index in [0.717, 1.165) is 11.1 Å². The van der Waals surface area contributed by atoms with Crippen molar-refractivity contribution in [3.05, 3.63) is 64.3 Å². The van der Waals surface area contributed by atoms with Crippen LogP contribution in [0.15, 0.2) is 40.9 Å². The van der Waals surface area contributed by atoms with E-state index in [1.807, 2.05) is 19.1 Å². The molecule has 0 unspecified atom stereocenters. The number of amides is 3. The number of nitrogens with one attached hydrogen (secondary N) is 2. The number of benzene rings is 2. The van der Waals surface area contributed by atoms with Crippen molar-refractivity contribution < 1.29 is 23.6 Å². The fourth-order valence-electron chi connectivity index (χ4n) is 3.06. The first kappa shape index (κ1) is 22.4. The van der Waals surface area contributed by atoms with Crippen LogP contribution in [-0.2, 0) is 13.0 Å². The second kappa shape index (κ2) is 9.78. The van der Waals surface area contributed by atoms with Gasteiger partial charge in [0.1, 0.15) is 0 Å². The second-order valence-corrected chi connectivity index (χ2v) is 7.88. The zero-order valence-electron chi connectivity index (χ0n) is 18.1. The van der Waals surface area contributed by atoms with E-state index < -0.39 is 5.91 Å². The van der Waals surface area contributed by atoms with Gasteiger partial charge in [0.2, 0.25) is 6.79 Å². The van der Waals surface area contributed by atoms with Gasteiger partial charge in [0.05, 0.1) is 10.7 Å². The summed E-state index contributed by atoms with van der Waals surface area (Å²) >= 11 is 6.16. The summed E-state index contributed by atoms with van der Waals surface area (Å²) in [4.78, 5) is 30.3. The average molecular weight is 472 g/mol.